The van der Waals surface area contributed by atoms with Gasteiger partial charge in [0.2, 0.25) is 0 Å². The topological polar surface area (TPSA) is 12.0 Å². The first-order chi connectivity index (χ1) is 9.94. The van der Waals surface area contributed by atoms with Crippen LogP contribution in [0.2, 0.25) is 0 Å². The lowest BCUT2D eigenvalue weighted by molar-refractivity contribution is 0.261. The van der Waals surface area contributed by atoms with E-state index in [2.05, 4.69) is 63.3 Å². The van der Waals surface area contributed by atoms with Crippen molar-refractivity contribution < 1.29 is 0 Å². The smallest absolute Gasteiger partial charge is 0.0351 e. The maximum Gasteiger partial charge on any atom is 0.0351 e. The summed E-state index contributed by atoms with van der Waals surface area (Å²) in [5.41, 5.74) is 2.31. The van der Waals surface area contributed by atoms with Crippen LogP contribution in [0.1, 0.15) is 71.4 Å². The molecular formula is C20H31N. The summed E-state index contributed by atoms with van der Waals surface area (Å²) < 4.78 is 0. The van der Waals surface area contributed by atoms with Crippen molar-refractivity contribution in [2.45, 2.75) is 71.9 Å². The predicted octanol–water partition coefficient (Wildman–Crippen LogP) is 5.33. The highest BCUT2D eigenvalue weighted by atomic mass is 15.1. The van der Waals surface area contributed by atoms with Crippen molar-refractivity contribution in [1.29, 1.82) is 0 Å². The van der Waals surface area contributed by atoms with Crippen LogP contribution in [0.15, 0.2) is 30.3 Å². The van der Waals surface area contributed by atoms with Gasteiger partial charge in [-0.1, -0.05) is 77.3 Å². The Bertz CT molecular complexity index is 454. The fourth-order valence-electron chi connectivity index (χ4n) is 4.42. The van der Waals surface area contributed by atoms with Gasteiger partial charge in [-0.15, -0.1) is 0 Å². The molecule has 2 fully saturated rings. The van der Waals surface area contributed by atoms with Crippen LogP contribution in [0.4, 0.5) is 0 Å². The highest BCUT2D eigenvalue weighted by molar-refractivity contribution is 5.24. The van der Waals surface area contributed by atoms with E-state index in [1.165, 1.54) is 37.7 Å². The van der Waals surface area contributed by atoms with Crippen LogP contribution < -0.4 is 5.32 Å². The van der Waals surface area contributed by atoms with Gasteiger partial charge in [0.1, 0.15) is 0 Å². The zero-order valence-corrected chi connectivity index (χ0v) is 14.2. The maximum atomic E-state index is 4.06. The minimum atomic E-state index is 0.411. The van der Waals surface area contributed by atoms with Crippen molar-refractivity contribution in [3.63, 3.8) is 0 Å². The van der Waals surface area contributed by atoms with Crippen molar-refractivity contribution in [2.75, 3.05) is 0 Å². The molecule has 0 bridgehead atoms. The molecule has 2 aliphatic carbocycles. The largest absolute Gasteiger partial charge is 0.306 e. The van der Waals surface area contributed by atoms with Gasteiger partial charge in [-0.3, -0.25) is 0 Å². The van der Waals surface area contributed by atoms with E-state index >= 15 is 0 Å². The molecule has 1 aromatic rings. The van der Waals surface area contributed by atoms with E-state index in [1.807, 2.05) is 0 Å². The molecule has 1 heteroatoms. The van der Waals surface area contributed by atoms with Crippen LogP contribution >= 0.6 is 0 Å². The first-order valence-corrected chi connectivity index (χ1v) is 8.75. The molecule has 1 nitrogen and oxygen atoms in total. The molecule has 1 atom stereocenters. The highest BCUT2D eigenvalue weighted by Crippen LogP contribution is 2.63. The molecule has 21 heavy (non-hydrogen) atoms. The molecule has 2 saturated carbocycles. The van der Waals surface area contributed by atoms with Crippen LogP contribution in [-0.4, -0.2) is 6.04 Å². The summed E-state index contributed by atoms with van der Waals surface area (Å²) in [6, 6.07) is 12.3. The lowest BCUT2D eigenvalue weighted by Gasteiger charge is -2.32. The average Bonchev–Trinajstić information content (AvgIpc) is 2.88. The lowest BCUT2D eigenvalue weighted by Crippen LogP contribution is -2.34. The van der Waals surface area contributed by atoms with Gasteiger partial charge in [-0.25, -0.2) is 0 Å². The number of nitrogens with one attached hydrogen (secondary N) is 1. The van der Waals surface area contributed by atoms with Gasteiger partial charge >= 0.3 is 0 Å². The Morgan fingerprint density at radius 1 is 0.905 bits per heavy atom. The molecule has 1 N–H and O–H groups in total. The molecule has 0 radical (unpaired) electrons. The average molecular weight is 285 g/mol. The Labute approximate surface area is 130 Å². The molecule has 0 saturated heterocycles. The molecule has 0 aliphatic heterocycles. The number of hydrogen-bond acceptors (Lipinski definition) is 1. The number of benzene rings is 1. The van der Waals surface area contributed by atoms with Crippen molar-refractivity contribution in [2.24, 2.45) is 16.7 Å². The minimum absolute atomic E-state index is 0.411. The summed E-state index contributed by atoms with van der Waals surface area (Å²) in [5, 5.41) is 4.06. The highest BCUT2D eigenvalue weighted by Gasteiger charge is 2.65. The van der Waals surface area contributed by atoms with Gasteiger partial charge in [0.25, 0.3) is 0 Å². The fourth-order valence-corrected chi connectivity index (χ4v) is 4.42. The number of hydrogen-bond donors (Lipinski definition) is 1. The van der Waals surface area contributed by atoms with Crippen LogP contribution in [0.25, 0.3) is 0 Å². The molecule has 0 spiro atoms. The molecule has 2 aliphatic rings. The molecule has 0 amide bonds. The molecule has 0 heterocycles. The minimum Gasteiger partial charge on any atom is -0.306 e. The van der Waals surface area contributed by atoms with Gasteiger partial charge in [0, 0.05) is 12.1 Å². The predicted molar refractivity (Wildman–Crippen MR) is 90.2 cm³/mol. The van der Waals surface area contributed by atoms with E-state index in [0.29, 0.717) is 22.9 Å². The summed E-state index contributed by atoms with van der Waals surface area (Å²) in [4.78, 5) is 0. The van der Waals surface area contributed by atoms with E-state index in [0.717, 1.165) is 5.92 Å². The maximum absolute atomic E-state index is 4.06. The summed E-state index contributed by atoms with van der Waals surface area (Å²) in [7, 11) is 0. The molecule has 1 aromatic carbocycles. The van der Waals surface area contributed by atoms with Crippen LogP contribution in [0.5, 0.6) is 0 Å². The van der Waals surface area contributed by atoms with E-state index < -0.39 is 0 Å². The zero-order chi connectivity index (χ0) is 15.1. The Kier molecular flexibility index (Phi) is 3.90. The van der Waals surface area contributed by atoms with Crippen LogP contribution in [-0.2, 0) is 0 Å². The monoisotopic (exact) mass is 285 g/mol. The Morgan fingerprint density at radius 3 is 2.00 bits per heavy atom. The van der Waals surface area contributed by atoms with Crippen molar-refractivity contribution in [3.05, 3.63) is 35.9 Å². The Balaban J connectivity index is 1.80. The van der Waals surface area contributed by atoms with Crippen LogP contribution in [0.3, 0.4) is 0 Å². The summed E-state index contributed by atoms with van der Waals surface area (Å²) in [5.74, 6) is 0.813. The van der Waals surface area contributed by atoms with Gasteiger partial charge in [0.15, 0.2) is 0 Å². The molecule has 116 valence electrons. The third-order valence-corrected chi connectivity index (χ3v) is 6.65. The van der Waals surface area contributed by atoms with Crippen LogP contribution in [0, 0.1) is 16.7 Å². The fraction of sp³-hybridized carbons (Fsp3) is 0.700. The van der Waals surface area contributed by atoms with E-state index in [-0.39, 0.29) is 0 Å². The standard InChI is InChI=1S/C20H31N/c1-19(2)18(20(19,3)4)21-17(15-11-7-5-8-12-15)16-13-9-6-10-14-16/h5,7-8,11-12,16-18,21H,6,9-10,13-14H2,1-4H3. The Hall–Kier alpha value is -0.820. The van der Waals surface area contributed by atoms with Crippen molar-refractivity contribution in [3.8, 4) is 0 Å². The SMILES string of the molecule is CC1(C)C(NC(c2ccccc2)C2CCCCC2)C1(C)C. The lowest BCUT2D eigenvalue weighted by atomic mass is 9.81. The number of rotatable bonds is 4. The second-order valence-electron chi connectivity index (χ2n) is 8.33. The first-order valence-electron chi connectivity index (χ1n) is 8.75. The van der Waals surface area contributed by atoms with E-state index in [4.69, 9.17) is 0 Å². The first kappa shape index (κ1) is 15.1. The molecular weight excluding hydrogens is 254 g/mol. The normalized spacial score (nSPS) is 26.5. The van der Waals surface area contributed by atoms with Crippen molar-refractivity contribution >= 4 is 0 Å². The molecule has 0 aromatic heterocycles. The molecule has 3 rings (SSSR count). The second-order valence-corrected chi connectivity index (χ2v) is 8.33. The van der Waals surface area contributed by atoms with Gasteiger partial charge in [-0.05, 0) is 35.2 Å². The molecule has 1 unspecified atom stereocenters. The second kappa shape index (κ2) is 5.43. The van der Waals surface area contributed by atoms with Gasteiger partial charge < -0.3 is 5.32 Å². The van der Waals surface area contributed by atoms with E-state index in [9.17, 15) is 0 Å². The third-order valence-electron chi connectivity index (χ3n) is 6.65. The quantitative estimate of drug-likeness (QED) is 0.788. The third kappa shape index (κ3) is 2.65. The Morgan fingerprint density at radius 2 is 1.48 bits per heavy atom. The van der Waals surface area contributed by atoms with Gasteiger partial charge in [-0.2, -0.15) is 0 Å². The summed E-state index contributed by atoms with van der Waals surface area (Å²) in [6.45, 7) is 9.64. The zero-order valence-electron chi connectivity index (χ0n) is 14.2. The summed E-state index contributed by atoms with van der Waals surface area (Å²) >= 11 is 0. The van der Waals surface area contributed by atoms with Gasteiger partial charge in [0.05, 0.1) is 0 Å². The summed E-state index contributed by atoms with van der Waals surface area (Å²) in [6.07, 6.45) is 7.03. The van der Waals surface area contributed by atoms with E-state index in [1.54, 1.807) is 0 Å². The van der Waals surface area contributed by atoms with Crippen molar-refractivity contribution in [1.82, 2.24) is 5.32 Å².